The van der Waals surface area contributed by atoms with Crippen LogP contribution in [0.15, 0.2) is 64.2 Å². The number of amides is 1. The molecule has 0 unspecified atom stereocenters. The molecule has 1 aromatic heterocycles. The van der Waals surface area contributed by atoms with E-state index in [0.29, 0.717) is 6.54 Å². The predicted octanol–water partition coefficient (Wildman–Crippen LogP) is 2.58. The van der Waals surface area contributed by atoms with Crippen LogP contribution in [0, 0.1) is 0 Å². The van der Waals surface area contributed by atoms with Gasteiger partial charge in [-0.05, 0) is 18.9 Å². The Kier molecular flexibility index (Phi) is 7.56. The molecule has 0 bridgehead atoms. The normalized spacial score (nSPS) is 11.4. The van der Waals surface area contributed by atoms with Crippen LogP contribution in [-0.4, -0.2) is 15.5 Å². The van der Waals surface area contributed by atoms with E-state index in [9.17, 15) is 14.4 Å². The van der Waals surface area contributed by atoms with Crippen molar-refractivity contribution in [2.24, 2.45) is 0 Å². The zero-order valence-corrected chi connectivity index (χ0v) is 16.2. The monoisotopic (exact) mass is 382 g/mol. The average Bonchev–Trinajstić information content (AvgIpc) is 2.67. The Bertz CT molecular complexity index is 971. The number of rotatable bonds is 8. The highest BCUT2D eigenvalue weighted by molar-refractivity contribution is 6.02. The van der Waals surface area contributed by atoms with E-state index in [1.165, 1.54) is 15.5 Å². The van der Waals surface area contributed by atoms with Gasteiger partial charge >= 0.3 is 5.69 Å². The molecule has 0 aliphatic heterocycles. The third kappa shape index (κ3) is 5.09. The van der Waals surface area contributed by atoms with Crippen molar-refractivity contribution >= 4 is 17.4 Å². The van der Waals surface area contributed by atoms with Crippen molar-refractivity contribution in [2.75, 3.05) is 10.6 Å². The van der Waals surface area contributed by atoms with E-state index in [4.69, 9.17) is 5.73 Å². The molecule has 0 fully saturated rings. The van der Waals surface area contributed by atoms with Crippen molar-refractivity contribution in [2.45, 2.75) is 39.8 Å². The second-order valence-corrected chi connectivity index (χ2v) is 6.29. The lowest BCUT2D eigenvalue weighted by atomic mass is 10.2. The van der Waals surface area contributed by atoms with Crippen LogP contribution in [0.4, 0.5) is 11.5 Å². The van der Waals surface area contributed by atoms with Gasteiger partial charge in [0.15, 0.2) is 5.69 Å². The molecule has 0 saturated carbocycles. The van der Waals surface area contributed by atoms with Crippen LogP contribution in [0.25, 0.3) is 0 Å². The summed E-state index contributed by atoms with van der Waals surface area (Å²) in [6, 6.07) is 9.28. The van der Waals surface area contributed by atoms with E-state index in [2.05, 4.69) is 4.98 Å². The summed E-state index contributed by atoms with van der Waals surface area (Å²) in [7, 11) is 0. The molecule has 148 valence electrons. The third-order valence-corrected chi connectivity index (χ3v) is 4.21. The molecule has 7 heteroatoms. The Labute approximate surface area is 163 Å². The zero-order chi connectivity index (χ0) is 20.5. The lowest BCUT2D eigenvalue weighted by Gasteiger charge is -2.23. The van der Waals surface area contributed by atoms with E-state index in [0.717, 1.165) is 18.4 Å². The smallest absolute Gasteiger partial charge is 0.330 e. The van der Waals surface area contributed by atoms with Crippen LogP contribution in [-0.2, 0) is 17.9 Å². The molecule has 1 aromatic carbocycles. The van der Waals surface area contributed by atoms with Crippen molar-refractivity contribution in [3.05, 3.63) is 81.0 Å². The molecule has 0 saturated heterocycles. The highest BCUT2D eigenvalue weighted by atomic mass is 16.2. The maximum atomic E-state index is 12.8. The number of hydrogen-bond acceptors (Lipinski definition) is 4. The minimum atomic E-state index is -0.682. The van der Waals surface area contributed by atoms with Gasteiger partial charge in [0.05, 0.1) is 6.54 Å². The van der Waals surface area contributed by atoms with Gasteiger partial charge in [-0.2, -0.15) is 0 Å². The van der Waals surface area contributed by atoms with E-state index < -0.39 is 17.2 Å². The minimum absolute atomic E-state index is 0.00841. The van der Waals surface area contributed by atoms with Crippen LogP contribution in [0.5, 0.6) is 0 Å². The molecule has 2 rings (SSSR count). The zero-order valence-electron chi connectivity index (χ0n) is 16.2. The van der Waals surface area contributed by atoms with E-state index >= 15 is 0 Å². The predicted molar refractivity (Wildman–Crippen MR) is 112 cm³/mol. The van der Waals surface area contributed by atoms with Crippen molar-refractivity contribution in [3.8, 4) is 0 Å². The number of aromatic nitrogens is 2. The lowest BCUT2D eigenvalue weighted by Crippen LogP contribution is -2.40. The van der Waals surface area contributed by atoms with Crippen LogP contribution >= 0.6 is 0 Å². The number of carbonyl (C=O) groups excluding carboxylic acids is 1. The van der Waals surface area contributed by atoms with Gasteiger partial charge in [0.2, 0.25) is 0 Å². The second kappa shape index (κ2) is 10.1. The highest BCUT2D eigenvalue weighted by Gasteiger charge is 2.23. The second-order valence-electron chi connectivity index (χ2n) is 6.29. The minimum Gasteiger partial charge on any atom is -0.383 e. The SMILES string of the molecule is CC=CC=CC(=O)N(Cc1ccccc1)c1c(N)n(CCCC)c(=O)[nH]c1=O. The molecule has 3 N–H and O–H groups in total. The standard InChI is InChI=1S/C21H26N4O3/c1-3-5-8-13-17(26)25(15-16-11-9-7-10-12-16)18-19(22)24(14-6-4-2)21(28)23-20(18)27/h3,5,7-13H,4,6,14-15,22H2,1-2H3,(H,23,27,28). The fourth-order valence-corrected chi connectivity index (χ4v) is 2.75. The number of carbonyl (C=O) groups is 1. The van der Waals surface area contributed by atoms with Crippen LogP contribution in [0.1, 0.15) is 32.3 Å². The number of anilines is 2. The fraction of sp³-hybridized carbons (Fsp3) is 0.286. The first-order valence-corrected chi connectivity index (χ1v) is 9.27. The highest BCUT2D eigenvalue weighted by Crippen LogP contribution is 2.20. The quantitative estimate of drug-likeness (QED) is 0.541. The van der Waals surface area contributed by atoms with Crippen molar-refractivity contribution in [1.82, 2.24) is 9.55 Å². The molecule has 0 radical (unpaired) electrons. The van der Waals surface area contributed by atoms with Crippen molar-refractivity contribution in [1.29, 1.82) is 0 Å². The molecule has 0 spiro atoms. The number of allylic oxidation sites excluding steroid dienone is 3. The van der Waals surface area contributed by atoms with Gasteiger partial charge in [-0.25, -0.2) is 4.79 Å². The molecular formula is C21H26N4O3. The maximum absolute atomic E-state index is 12.8. The van der Waals surface area contributed by atoms with Gasteiger partial charge in [-0.15, -0.1) is 0 Å². The molecule has 0 aliphatic rings. The number of aromatic amines is 1. The third-order valence-electron chi connectivity index (χ3n) is 4.21. The Morgan fingerprint density at radius 3 is 2.57 bits per heavy atom. The number of nitrogens with zero attached hydrogens (tertiary/aromatic N) is 2. The summed E-state index contributed by atoms with van der Waals surface area (Å²) >= 11 is 0. The summed E-state index contributed by atoms with van der Waals surface area (Å²) in [5.74, 6) is -0.411. The Morgan fingerprint density at radius 1 is 1.21 bits per heavy atom. The summed E-state index contributed by atoms with van der Waals surface area (Å²) < 4.78 is 1.31. The van der Waals surface area contributed by atoms with Crippen molar-refractivity contribution < 1.29 is 4.79 Å². The summed E-state index contributed by atoms with van der Waals surface area (Å²) in [5, 5.41) is 0. The Balaban J connectivity index is 2.57. The van der Waals surface area contributed by atoms with Gasteiger partial charge in [0.25, 0.3) is 11.5 Å². The summed E-state index contributed by atoms with van der Waals surface area (Å²) in [6.45, 7) is 4.35. The number of unbranched alkanes of at least 4 members (excludes halogenated alkanes) is 1. The lowest BCUT2D eigenvalue weighted by molar-refractivity contribution is -0.114. The van der Waals surface area contributed by atoms with Gasteiger partial charge in [0.1, 0.15) is 5.82 Å². The molecule has 0 aliphatic carbocycles. The summed E-state index contributed by atoms with van der Waals surface area (Å²) in [6.07, 6.45) is 8.05. The van der Waals surface area contributed by atoms with Crippen LogP contribution in [0.3, 0.4) is 0 Å². The number of benzene rings is 1. The fourth-order valence-electron chi connectivity index (χ4n) is 2.75. The maximum Gasteiger partial charge on any atom is 0.330 e. The van der Waals surface area contributed by atoms with Crippen LogP contribution in [0.2, 0.25) is 0 Å². The van der Waals surface area contributed by atoms with E-state index in [-0.39, 0.29) is 18.1 Å². The van der Waals surface area contributed by atoms with Gasteiger partial charge in [-0.3, -0.25) is 24.0 Å². The van der Waals surface area contributed by atoms with Crippen LogP contribution < -0.4 is 21.9 Å². The first-order valence-electron chi connectivity index (χ1n) is 9.27. The molecule has 28 heavy (non-hydrogen) atoms. The number of nitrogens with two attached hydrogens (primary N) is 1. The van der Waals surface area contributed by atoms with E-state index in [1.54, 1.807) is 18.2 Å². The molecule has 1 heterocycles. The largest absolute Gasteiger partial charge is 0.383 e. The molecule has 1 amide bonds. The number of H-pyrrole nitrogens is 1. The number of nitrogens with one attached hydrogen (secondary N) is 1. The molecular weight excluding hydrogens is 356 g/mol. The first-order chi connectivity index (χ1) is 13.5. The average molecular weight is 382 g/mol. The van der Waals surface area contributed by atoms with Crippen molar-refractivity contribution in [3.63, 3.8) is 0 Å². The molecule has 2 aromatic rings. The number of nitrogen functional groups attached to an aromatic ring is 1. The molecule has 7 nitrogen and oxygen atoms in total. The van der Waals surface area contributed by atoms with Gasteiger partial charge in [0, 0.05) is 12.6 Å². The summed E-state index contributed by atoms with van der Waals surface area (Å²) in [5.41, 5.74) is 5.74. The summed E-state index contributed by atoms with van der Waals surface area (Å²) in [4.78, 5) is 41.2. The Hall–Kier alpha value is -3.35. The van der Waals surface area contributed by atoms with Gasteiger partial charge < -0.3 is 5.73 Å². The number of hydrogen-bond donors (Lipinski definition) is 2. The topological polar surface area (TPSA) is 101 Å². The molecule has 0 atom stereocenters. The first kappa shape index (κ1) is 21.0. The Morgan fingerprint density at radius 2 is 1.93 bits per heavy atom. The van der Waals surface area contributed by atoms with Gasteiger partial charge in [-0.1, -0.05) is 61.9 Å². The van der Waals surface area contributed by atoms with E-state index in [1.807, 2.05) is 44.2 Å².